The Morgan fingerprint density at radius 1 is 1.06 bits per heavy atom. The molecule has 1 fully saturated rings. The smallest absolute Gasteiger partial charge is 0.234 e. The van der Waals surface area contributed by atoms with Crippen LogP contribution in [0.25, 0.3) is 11.0 Å². The van der Waals surface area contributed by atoms with E-state index >= 15 is 0 Å². The molecule has 1 amide bonds. The van der Waals surface area contributed by atoms with Crippen LogP contribution in [0.3, 0.4) is 0 Å². The van der Waals surface area contributed by atoms with Crippen molar-refractivity contribution in [1.82, 2.24) is 9.55 Å². The second-order valence-electron chi connectivity index (χ2n) is 7.81. The highest BCUT2D eigenvalue weighted by Crippen LogP contribution is 2.25. The molecule has 2 aromatic carbocycles. The van der Waals surface area contributed by atoms with Crippen LogP contribution in [0.1, 0.15) is 25.7 Å². The van der Waals surface area contributed by atoms with E-state index in [9.17, 15) is 4.79 Å². The molecule has 0 bridgehead atoms. The summed E-state index contributed by atoms with van der Waals surface area (Å²) in [7, 11) is 1.69. The number of nitrogens with zero attached hydrogens (tertiary/aromatic N) is 3. The Kier molecular flexibility index (Phi) is 7.48. The third kappa shape index (κ3) is 5.60. The predicted octanol–water partition coefficient (Wildman–Crippen LogP) is 4.79. The Hall–Kier alpha value is -2.51. The molecule has 7 heteroatoms. The molecular formula is C24H30N4O2S. The standard InChI is InChI=1S/C24H30N4O2S/c1-30-17-16-28-22-9-5-4-8-21(22)26-24(28)31-18-23(29)25-19-10-12-20(13-11-19)27-14-6-2-3-7-15-27/h4-5,8-13H,2-3,6-7,14-18H2,1H3,(H,25,29). The molecule has 0 radical (unpaired) electrons. The van der Waals surface area contributed by atoms with Crippen LogP contribution in [0.5, 0.6) is 0 Å². The fourth-order valence-electron chi connectivity index (χ4n) is 3.97. The summed E-state index contributed by atoms with van der Waals surface area (Å²) in [6.07, 6.45) is 5.15. The Labute approximate surface area is 188 Å². The molecule has 0 saturated carbocycles. The van der Waals surface area contributed by atoms with Gasteiger partial charge in [0, 0.05) is 38.1 Å². The number of anilines is 2. The Morgan fingerprint density at radius 3 is 2.55 bits per heavy atom. The molecule has 1 aliphatic heterocycles. The van der Waals surface area contributed by atoms with Crippen molar-refractivity contribution in [2.45, 2.75) is 37.4 Å². The van der Waals surface area contributed by atoms with E-state index in [1.165, 1.54) is 43.1 Å². The largest absolute Gasteiger partial charge is 0.383 e. The number of nitrogens with one attached hydrogen (secondary N) is 1. The lowest BCUT2D eigenvalue weighted by Crippen LogP contribution is -2.23. The van der Waals surface area contributed by atoms with Gasteiger partial charge in [0.05, 0.1) is 23.4 Å². The Morgan fingerprint density at radius 2 is 1.81 bits per heavy atom. The van der Waals surface area contributed by atoms with Crippen LogP contribution in [0.2, 0.25) is 0 Å². The predicted molar refractivity (Wildman–Crippen MR) is 128 cm³/mol. The van der Waals surface area contributed by atoms with E-state index in [1.54, 1.807) is 7.11 Å². The third-order valence-corrected chi connectivity index (χ3v) is 6.57. The summed E-state index contributed by atoms with van der Waals surface area (Å²) in [4.78, 5) is 19.7. The van der Waals surface area contributed by atoms with Crippen LogP contribution < -0.4 is 10.2 Å². The minimum absolute atomic E-state index is 0.0297. The number of methoxy groups -OCH3 is 1. The molecule has 0 spiro atoms. The van der Waals surface area contributed by atoms with E-state index < -0.39 is 0 Å². The van der Waals surface area contributed by atoms with Crippen molar-refractivity contribution in [1.29, 1.82) is 0 Å². The van der Waals surface area contributed by atoms with Gasteiger partial charge in [-0.1, -0.05) is 36.7 Å². The first kappa shape index (κ1) is 21.7. The number of carbonyl (C=O) groups excluding carboxylic acids is 1. The zero-order chi connectivity index (χ0) is 21.5. The lowest BCUT2D eigenvalue weighted by Gasteiger charge is -2.22. The Bertz CT molecular complexity index is 994. The van der Waals surface area contributed by atoms with Crippen LogP contribution >= 0.6 is 11.8 Å². The molecule has 1 N–H and O–H groups in total. The zero-order valence-electron chi connectivity index (χ0n) is 18.0. The first-order valence-electron chi connectivity index (χ1n) is 11.0. The van der Waals surface area contributed by atoms with Crippen molar-refractivity contribution in [3.8, 4) is 0 Å². The molecule has 0 atom stereocenters. The van der Waals surface area contributed by atoms with Crippen molar-refractivity contribution >= 4 is 40.1 Å². The quantitative estimate of drug-likeness (QED) is 0.512. The third-order valence-electron chi connectivity index (χ3n) is 5.59. The molecule has 1 aromatic heterocycles. The Balaban J connectivity index is 1.36. The SMILES string of the molecule is COCCn1c(SCC(=O)Nc2ccc(N3CCCCCC3)cc2)nc2ccccc21. The number of thioether (sulfide) groups is 1. The first-order chi connectivity index (χ1) is 15.2. The molecular weight excluding hydrogens is 408 g/mol. The average Bonchev–Trinajstić information content (AvgIpc) is 2.94. The lowest BCUT2D eigenvalue weighted by molar-refractivity contribution is -0.113. The van der Waals surface area contributed by atoms with Gasteiger partial charge in [0.25, 0.3) is 0 Å². The topological polar surface area (TPSA) is 59.4 Å². The minimum atomic E-state index is -0.0297. The summed E-state index contributed by atoms with van der Waals surface area (Å²) < 4.78 is 7.36. The van der Waals surface area contributed by atoms with Crippen molar-refractivity contribution < 1.29 is 9.53 Å². The monoisotopic (exact) mass is 438 g/mol. The lowest BCUT2D eigenvalue weighted by atomic mass is 10.2. The minimum Gasteiger partial charge on any atom is -0.383 e. The molecule has 0 unspecified atom stereocenters. The van der Waals surface area contributed by atoms with Crippen molar-refractivity contribution in [2.75, 3.05) is 42.8 Å². The number of amides is 1. The number of imidazole rings is 1. The summed E-state index contributed by atoms with van der Waals surface area (Å²) in [5, 5.41) is 3.85. The van der Waals surface area contributed by atoms with E-state index in [2.05, 4.69) is 26.9 Å². The molecule has 1 saturated heterocycles. The number of ether oxygens (including phenoxy) is 1. The second-order valence-corrected chi connectivity index (χ2v) is 8.76. The van der Waals surface area contributed by atoms with E-state index in [1.807, 2.05) is 36.4 Å². The maximum Gasteiger partial charge on any atom is 0.234 e. The maximum absolute atomic E-state index is 12.6. The highest BCUT2D eigenvalue weighted by Gasteiger charge is 2.14. The van der Waals surface area contributed by atoms with Gasteiger partial charge in [0.15, 0.2) is 5.16 Å². The molecule has 4 rings (SSSR count). The van der Waals surface area contributed by atoms with Gasteiger partial charge >= 0.3 is 0 Å². The fourth-order valence-corrected chi connectivity index (χ4v) is 4.81. The van der Waals surface area contributed by atoms with Crippen LogP contribution in [0.4, 0.5) is 11.4 Å². The summed E-state index contributed by atoms with van der Waals surface area (Å²) in [6, 6.07) is 16.2. The van der Waals surface area contributed by atoms with E-state index in [4.69, 9.17) is 9.72 Å². The number of hydrogen-bond acceptors (Lipinski definition) is 5. The number of aromatic nitrogens is 2. The number of fused-ring (bicyclic) bond motifs is 1. The summed E-state index contributed by atoms with van der Waals surface area (Å²) in [5.74, 6) is 0.280. The van der Waals surface area contributed by atoms with Gasteiger partial charge < -0.3 is 19.5 Å². The number of benzene rings is 2. The van der Waals surface area contributed by atoms with Gasteiger partial charge in [-0.2, -0.15) is 0 Å². The fraction of sp³-hybridized carbons (Fsp3) is 0.417. The maximum atomic E-state index is 12.6. The van der Waals surface area contributed by atoms with Crippen molar-refractivity contribution in [3.05, 3.63) is 48.5 Å². The number of rotatable bonds is 8. The van der Waals surface area contributed by atoms with Crippen LogP contribution in [-0.4, -0.2) is 48.0 Å². The van der Waals surface area contributed by atoms with E-state index in [0.29, 0.717) is 18.9 Å². The highest BCUT2D eigenvalue weighted by atomic mass is 32.2. The summed E-state index contributed by atoms with van der Waals surface area (Å²) in [5.41, 5.74) is 4.07. The molecule has 164 valence electrons. The second kappa shape index (κ2) is 10.7. The molecule has 3 aromatic rings. The number of para-hydroxylation sites is 2. The molecule has 31 heavy (non-hydrogen) atoms. The van der Waals surface area contributed by atoms with Gasteiger partial charge in [0.2, 0.25) is 5.91 Å². The van der Waals surface area contributed by atoms with Gasteiger partial charge in [-0.05, 0) is 49.2 Å². The highest BCUT2D eigenvalue weighted by molar-refractivity contribution is 7.99. The molecule has 1 aliphatic rings. The molecule has 2 heterocycles. The van der Waals surface area contributed by atoms with Crippen molar-refractivity contribution in [2.24, 2.45) is 0 Å². The normalized spacial score (nSPS) is 14.5. The van der Waals surface area contributed by atoms with Gasteiger partial charge in [-0.3, -0.25) is 4.79 Å². The summed E-state index contributed by atoms with van der Waals surface area (Å²) >= 11 is 1.45. The van der Waals surface area contributed by atoms with E-state index in [0.717, 1.165) is 35.0 Å². The first-order valence-corrected chi connectivity index (χ1v) is 11.9. The number of carbonyl (C=O) groups is 1. The average molecular weight is 439 g/mol. The van der Waals surface area contributed by atoms with Crippen molar-refractivity contribution in [3.63, 3.8) is 0 Å². The molecule has 6 nitrogen and oxygen atoms in total. The molecule has 0 aliphatic carbocycles. The zero-order valence-corrected chi connectivity index (χ0v) is 18.9. The van der Waals surface area contributed by atoms with Crippen LogP contribution in [0.15, 0.2) is 53.7 Å². The van der Waals surface area contributed by atoms with E-state index in [-0.39, 0.29) is 5.91 Å². The van der Waals surface area contributed by atoms with Gasteiger partial charge in [-0.15, -0.1) is 0 Å². The summed E-state index contributed by atoms with van der Waals surface area (Å²) in [6.45, 7) is 3.54. The van der Waals surface area contributed by atoms with Crippen LogP contribution in [-0.2, 0) is 16.1 Å². The van der Waals surface area contributed by atoms with Gasteiger partial charge in [0.1, 0.15) is 0 Å². The van der Waals surface area contributed by atoms with Crippen LogP contribution in [0, 0.1) is 0 Å². The number of hydrogen-bond donors (Lipinski definition) is 1. The van der Waals surface area contributed by atoms with Gasteiger partial charge in [-0.25, -0.2) is 4.98 Å².